The second-order valence-electron chi connectivity index (χ2n) is 7.93. The van der Waals surface area contributed by atoms with E-state index in [1.165, 1.54) is 12.0 Å². The molecule has 0 saturated carbocycles. The average Bonchev–Trinajstić information content (AvgIpc) is 3.26. The van der Waals surface area contributed by atoms with Gasteiger partial charge in [-0.1, -0.05) is 30.4 Å². The first-order valence-corrected chi connectivity index (χ1v) is 10.4. The minimum atomic E-state index is -0.303. The van der Waals surface area contributed by atoms with E-state index in [1.54, 1.807) is 6.07 Å². The number of imide groups is 1. The van der Waals surface area contributed by atoms with Crippen LogP contribution in [0, 0.1) is 11.8 Å². The van der Waals surface area contributed by atoms with Gasteiger partial charge in [0.25, 0.3) is 0 Å². The van der Waals surface area contributed by atoms with Gasteiger partial charge in [-0.3, -0.25) is 19.3 Å². The summed E-state index contributed by atoms with van der Waals surface area (Å²) in [6, 6.07) is 11.3. The van der Waals surface area contributed by atoms with Gasteiger partial charge in [0.2, 0.25) is 17.7 Å². The number of methoxy groups -OCH3 is 1. The summed E-state index contributed by atoms with van der Waals surface area (Å²) >= 11 is 0. The first-order valence-electron chi connectivity index (χ1n) is 10.4. The van der Waals surface area contributed by atoms with Gasteiger partial charge in [-0.25, -0.2) is 0 Å². The van der Waals surface area contributed by atoms with Crippen molar-refractivity contribution in [1.29, 1.82) is 0 Å². The highest BCUT2D eigenvalue weighted by molar-refractivity contribution is 6.08. The van der Waals surface area contributed by atoms with Crippen molar-refractivity contribution in [2.45, 2.75) is 19.3 Å². The summed E-state index contributed by atoms with van der Waals surface area (Å²) in [6.07, 6.45) is 5.09. The van der Waals surface area contributed by atoms with Crippen molar-refractivity contribution in [3.63, 3.8) is 0 Å². The summed E-state index contributed by atoms with van der Waals surface area (Å²) in [7, 11) is 1.54. The van der Waals surface area contributed by atoms with E-state index >= 15 is 0 Å². The summed E-state index contributed by atoms with van der Waals surface area (Å²) in [5, 5.41) is 4.70. The van der Waals surface area contributed by atoms with Gasteiger partial charge in [0.1, 0.15) is 16.9 Å². The van der Waals surface area contributed by atoms with Crippen LogP contribution in [-0.2, 0) is 14.4 Å². The minimum absolute atomic E-state index is 0.0195. The number of likely N-dealkylation sites (tertiary alicyclic amines) is 1. The molecule has 0 unspecified atom stereocenters. The lowest BCUT2D eigenvalue weighted by atomic mass is 9.85. The summed E-state index contributed by atoms with van der Waals surface area (Å²) in [4.78, 5) is 39.0. The Morgan fingerprint density at radius 2 is 1.77 bits per heavy atom. The quantitative estimate of drug-likeness (QED) is 0.502. The Bertz CT molecular complexity index is 1220. The number of furan rings is 1. The lowest BCUT2D eigenvalue weighted by molar-refractivity contribution is -0.140. The van der Waals surface area contributed by atoms with Crippen molar-refractivity contribution < 1.29 is 23.5 Å². The molecule has 5 rings (SSSR count). The van der Waals surface area contributed by atoms with Gasteiger partial charge >= 0.3 is 0 Å². The van der Waals surface area contributed by atoms with Crippen LogP contribution in [0.1, 0.15) is 19.3 Å². The molecule has 1 aromatic heterocycles. The van der Waals surface area contributed by atoms with E-state index in [2.05, 4.69) is 5.32 Å². The molecule has 158 valence electrons. The monoisotopic (exact) mass is 418 g/mol. The fraction of sp³-hybridized carbons (Fsp3) is 0.292. The van der Waals surface area contributed by atoms with Crippen LogP contribution in [0.15, 0.2) is 53.0 Å². The van der Waals surface area contributed by atoms with Crippen LogP contribution in [-0.4, -0.2) is 36.3 Å². The molecule has 1 saturated heterocycles. The molecule has 2 aromatic carbocycles. The summed E-state index contributed by atoms with van der Waals surface area (Å²) < 4.78 is 11.4. The number of anilines is 1. The van der Waals surface area contributed by atoms with Gasteiger partial charge in [0, 0.05) is 29.8 Å². The lowest BCUT2D eigenvalue weighted by Gasteiger charge is -2.15. The molecule has 2 heterocycles. The van der Waals surface area contributed by atoms with Crippen LogP contribution < -0.4 is 10.1 Å². The number of amides is 3. The standard InChI is InChI=1S/C24H22N2O5/c1-30-21-12-17-14-6-4-5-9-19(14)31-20(17)13-18(21)25-22(27)10-11-26-23(28)15-7-2-3-8-16(15)24(26)29/h2-6,9,12-13,15-16H,7-8,10-11H2,1H3,(H,25,27)/t15-,16+. The number of ether oxygens (including phenoxy) is 1. The van der Waals surface area contributed by atoms with Crippen LogP contribution in [0.25, 0.3) is 21.9 Å². The lowest BCUT2D eigenvalue weighted by Crippen LogP contribution is -2.34. The third kappa shape index (κ3) is 3.26. The predicted molar refractivity (Wildman–Crippen MR) is 116 cm³/mol. The SMILES string of the molecule is COc1cc2c(cc1NC(=O)CCN1C(=O)[C@H]3CC=CC[C@H]3C1=O)oc1ccccc12. The Hall–Kier alpha value is -3.61. The third-order valence-electron chi connectivity index (χ3n) is 6.13. The molecule has 3 aromatic rings. The molecular weight excluding hydrogens is 396 g/mol. The maximum atomic E-state index is 12.6. The Morgan fingerprint density at radius 1 is 1.06 bits per heavy atom. The average molecular weight is 418 g/mol. The number of fused-ring (bicyclic) bond motifs is 4. The van der Waals surface area contributed by atoms with Gasteiger partial charge in [-0.05, 0) is 25.0 Å². The molecule has 3 amide bonds. The van der Waals surface area contributed by atoms with Gasteiger partial charge in [-0.2, -0.15) is 0 Å². The Kier molecular flexibility index (Phi) is 4.73. The van der Waals surface area contributed by atoms with E-state index in [1.807, 2.05) is 42.5 Å². The zero-order valence-corrected chi connectivity index (χ0v) is 17.1. The second-order valence-corrected chi connectivity index (χ2v) is 7.93. The number of nitrogens with zero attached hydrogens (tertiary/aromatic N) is 1. The van der Waals surface area contributed by atoms with E-state index in [9.17, 15) is 14.4 Å². The summed E-state index contributed by atoms with van der Waals surface area (Å²) in [5.74, 6) is -0.700. The highest BCUT2D eigenvalue weighted by Gasteiger charge is 2.46. The number of hydrogen-bond acceptors (Lipinski definition) is 5. The van der Waals surface area contributed by atoms with Crippen LogP contribution in [0.3, 0.4) is 0 Å². The number of benzene rings is 2. The molecule has 2 aliphatic rings. The van der Waals surface area contributed by atoms with Crippen LogP contribution in [0.5, 0.6) is 5.75 Å². The largest absolute Gasteiger partial charge is 0.495 e. The minimum Gasteiger partial charge on any atom is -0.495 e. The molecule has 7 nitrogen and oxygen atoms in total. The number of hydrogen-bond donors (Lipinski definition) is 1. The zero-order chi connectivity index (χ0) is 21.5. The fourth-order valence-corrected chi connectivity index (χ4v) is 4.53. The van der Waals surface area contributed by atoms with Crippen molar-refractivity contribution in [3.8, 4) is 5.75 Å². The number of allylic oxidation sites excluding steroid dienone is 2. The summed E-state index contributed by atoms with van der Waals surface area (Å²) in [5.41, 5.74) is 1.87. The van der Waals surface area contributed by atoms with E-state index in [4.69, 9.17) is 9.15 Å². The molecule has 1 N–H and O–H groups in total. The maximum Gasteiger partial charge on any atom is 0.233 e. The van der Waals surface area contributed by atoms with Crippen molar-refractivity contribution in [2.75, 3.05) is 19.0 Å². The number of carbonyl (C=O) groups is 3. The van der Waals surface area contributed by atoms with E-state index in [0.717, 1.165) is 16.4 Å². The van der Waals surface area contributed by atoms with Gasteiger partial charge in [0.05, 0.1) is 24.6 Å². The molecule has 1 aliphatic carbocycles. The van der Waals surface area contributed by atoms with Crippen molar-refractivity contribution in [1.82, 2.24) is 4.90 Å². The number of rotatable bonds is 5. The van der Waals surface area contributed by atoms with Crippen molar-refractivity contribution in [2.24, 2.45) is 11.8 Å². The molecule has 1 aliphatic heterocycles. The van der Waals surface area contributed by atoms with Crippen LogP contribution in [0.2, 0.25) is 0 Å². The second kappa shape index (κ2) is 7.58. The Morgan fingerprint density at radius 3 is 2.48 bits per heavy atom. The number of nitrogens with one attached hydrogen (secondary N) is 1. The van der Waals surface area contributed by atoms with E-state index in [-0.39, 0.29) is 42.5 Å². The van der Waals surface area contributed by atoms with Crippen molar-refractivity contribution >= 4 is 45.3 Å². The van der Waals surface area contributed by atoms with Crippen molar-refractivity contribution in [3.05, 3.63) is 48.6 Å². The third-order valence-corrected chi connectivity index (χ3v) is 6.13. The van der Waals surface area contributed by atoms with Gasteiger partial charge in [0.15, 0.2) is 0 Å². The smallest absolute Gasteiger partial charge is 0.233 e. The summed E-state index contributed by atoms with van der Waals surface area (Å²) in [6.45, 7) is 0.0751. The maximum absolute atomic E-state index is 12.6. The van der Waals surface area contributed by atoms with Crippen LogP contribution >= 0.6 is 0 Å². The Labute approximate surface area is 178 Å². The molecule has 2 atom stereocenters. The molecular formula is C24H22N2O5. The fourth-order valence-electron chi connectivity index (χ4n) is 4.53. The van der Waals surface area contributed by atoms with E-state index < -0.39 is 0 Å². The van der Waals surface area contributed by atoms with Gasteiger partial charge < -0.3 is 14.5 Å². The topological polar surface area (TPSA) is 88.9 Å². The molecule has 0 radical (unpaired) electrons. The first-order chi connectivity index (χ1) is 15.1. The molecule has 0 bridgehead atoms. The van der Waals surface area contributed by atoms with Gasteiger partial charge in [-0.15, -0.1) is 0 Å². The highest BCUT2D eigenvalue weighted by atomic mass is 16.5. The molecule has 31 heavy (non-hydrogen) atoms. The highest BCUT2D eigenvalue weighted by Crippen LogP contribution is 2.37. The predicted octanol–water partition coefficient (Wildman–Crippen LogP) is 3.87. The number of carbonyl (C=O) groups excluding carboxylic acids is 3. The molecule has 0 spiro atoms. The zero-order valence-electron chi connectivity index (χ0n) is 17.1. The Balaban J connectivity index is 1.32. The number of para-hydroxylation sites is 1. The molecule has 7 heteroatoms. The first kappa shape index (κ1) is 19.4. The van der Waals surface area contributed by atoms with E-state index in [0.29, 0.717) is 29.9 Å². The molecule has 1 fully saturated rings. The normalized spacial score (nSPS) is 20.5. The van der Waals surface area contributed by atoms with Crippen LogP contribution in [0.4, 0.5) is 5.69 Å².